The van der Waals surface area contributed by atoms with Crippen LogP contribution in [0.4, 0.5) is 5.69 Å². The molecule has 6 rings (SSSR count). The van der Waals surface area contributed by atoms with Gasteiger partial charge < -0.3 is 14.6 Å². The number of anilines is 1. The molecule has 5 heterocycles. The molecule has 4 aromatic heterocycles. The largest absolute Gasteiger partial charge is 0.449 e. The van der Waals surface area contributed by atoms with Crippen molar-refractivity contribution in [3.8, 4) is 5.82 Å². The van der Waals surface area contributed by atoms with E-state index in [2.05, 4.69) is 20.4 Å². The summed E-state index contributed by atoms with van der Waals surface area (Å²) in [5.74, 6) is 0.943. The summed E-state index contributed by atoms with van der Waals surface area (Å²) in [5.41, 5.74) is 4.59. The highest BCUT2D eigenvalue weighted by molar-refractivity contribution is 6.04. The minimum Gasteiger partial charge on any atom is -0.449 e. The average molecular weight is 507 g/mol. The number of carbonyl (C=O) groups excluding carboxylic acids is 2. The molecule has 1 saturated heterocycles. The fraction of sp³-hybridized carbons (Fsp3) is 0.207. The van der Waals surface area contributed by atoms with Crippen molar-refractivity contribution in [2.75, 3.05) is 18.4 Å². The van der Waals surface area contributed by atoms with Crippen LogP contribution in [0.3, 0.4) is 0 Å². The van der Waals surface area contributed by atoms with Gasteiger partial charge in [-0.05, 0) is 73.7 Å². The van der Waals surface area contributed by atoms with Crippen LogP contribution in [-0.4, -0.2) is 49.6 Å². The normalized spacial score (nSPS) is 14.1. The number of nitrogens with zero attached hydrogens (tertiary/aromatic N) is 5. The Balaban J connectivity index is 1.04. The number of amides is 2. The number of carbonyl (C=O) groups is 2. The van der Waals surface area contributed by atoms with E-state index in [1.165, 1.54) is 5.56 Å². The summed E-state index contributed by atoms with van der Waals surface area (Å²) in [5, 5.41) is 7.06. The molecule has 2 amide bonds. The van der Waals surface area contributed by atoms with Crippen LogP contribution < -0.4 is 5.32 Å². The van der Waals surface area contributed by atoms with Crippen LogP contribution in [0.25, 0.3) is 16.9 Å². The number of piperidine rings is 1. The molecule has 190 valence electrons. The lowest BCUT2D eigenvalue weighted by Gasteiger charge is -2.32. The second kappa shape index (κ2) is 9.93. The van der Waals surface area contributed by atoms with Crippen molar-refractivity contribution in [1.82, 2.24) is 24.6 Å². The lowest BCUT2D eigenvalue weighted by Crippen LogP contribution is -2.38. The molecule has 1 aliphatic rings. The van der Waals surface area contributed by atoms with Gasteiger partial charge in [-0.1, -0.05) is 12.1 Å². The highest BCUT2D eigenvalue weighted by Gasteiger charge is 2.25. The number of rotatable bonds is 5. The van der Waals surface area contributed by atoms with Crippen molar-refractivity contribution in [2.45, 2.75) is 25.7 Å². The minimum absolute atomic E-state index is 0.00280. The summed E-state index contributed by atoms with van der Waals surface area (Å²) < 4.78 is 7.31. The molecular weight excluding hydrogens is 480 g/mol. The summed E-state index contributed by atoms with van der Waals surface area (Å²) >= 11 is 0. The van der Waals surface area contributed by atoms with E-state index in [1.807, 2.05) is 60.5 Å². The molecule has 0 aliphatic carbocycles. The van der Waals surface area contributed by atoms with Crippen LogP contribution >= 0.6 is 0 Å². The number of pyridine rings is 2. The molecular formula is C29H26N6O3. The Bertz CT molecular complexity index is 1580. The van der Waals surface area contributed by atoms with Crippen molar-refractivity contribution in [2.24, 2.45) is 0 Å². The summed E-state index contributed by atoms with van der Waals surface area (Å²) in [7, 11) is 0. The van der Waals surface area contributed by atoms with Crippen molar-refractivity contribution in [3.63, 3.8) is 0 Å². The molecule has 1 aromatic carbocycles. The molecule has 1 aliphatic heterocycles. The Hall–Kier alpha value is -4.79. The number of nitrogens with one attached hydrogen (secondary N) is 1. The van der Waals surface area contributed by atoms with Gasteiger partial charge in [0.1, 0.15) is 5.52 Å². The van der Waals surface area contributed by atoms with E-state index < -0.39 is 0 Å². The Labute approximate surface area is 219 Å². The molecule has 0 saturated carbocycles. The summed E-state index contributed by atoms with van der Waals surface area (Å²) in [6.45, 7) is 3.26. The van der Waals surface area contributed by atoms with E-state index in [0.29, 0.717) is 47.2 Å². The maximum Gasteiger partial charge on any atom is 0.291 e. The fourth-order valence-corrected chi connectivity index (χ4v) is 4.82. The molecule has 1 fully saturated rings. The Morgan fingerprint density at radius 1 is 1.03 bits per heavy atom. The maximum atomic E-state index is 13.0. The summed E-state index contributed by atoms with van der Waals surface area (Å²) in [6.07, 6.45) is 6.87. The van der Waals surface area contributed by atoms with E-state index in [4.69, 9.17) is 4.42 Å². The lowest BCUT2D eigenvalue weighted by atomic mass is 9.89. The van der Waals surface area contributed by atoms with Gasteiger partial charge in [-0.25, -0.2) is 14.6 Å². The lowest BCUT2D eigenvalue weighted by molar-refractivity contribution is 0.0712. The first-order chi connectivity index (χ1) is 18.5. The summed E-state index contributed by atoms with van der Waals surface area (Å²) in [4.78, 5) is 36.3. The van der Waals surface area contributed by atoms with E-state index in [1.54, 1.807) is 35.3 Å². The van der Waals surface area contributed by atoms with Gasteiger partial charge in [0.15, 0.2) is 17.2 Å². The molecule has 5 aromatic rings. The second-order valence-corrected chi connectivity index (χ2v) is 9.44. The van der Waals surface area contributed by atoms with Gasteiger partial charge in [-0.2, -0.15) is 5.10 Å². The molecule has 1 N–H and O–H groups in total. The standard InChI is InChI=1S/C29H26N6O3/c1-19-3-9-25-24(32-19)17-26(38-25)28(36)33-23-7-4-20(5-8-23)21-11-15-34(16-12-21)29(37)22-6-10-27(30-18-22)35-14-2-13-31-35/h2-10,13-14,17-18,21H,11-12,15-16H2,1H3,(H,33,36). The van der Waals surface area contributed by atoms with E-state index in [9.17, 15) is 9.59 Å². The number of benzene rings is 1. The zero-order valence-electron chi connectivity index (χ0n) is 20.9. The van der Waals surface area contributed by atoms with Crippen molar-refractivity contribution < 1.29 is 14.0 Å². The van der Waals surface area contributed by atoms with Gasteiger partial charge in [0.2, 0.25) is 0 Å². The molecule has 0 unspecified atom stereocenters. The zero-order chi connectivity index (χ0) is 26.1. The third kappa shape index (κ3) is 4.78. The average Bonchev–Trinajstić information content (AvgIpc) is 3.64. The van der Waals surface area contributed by atoms with Crippen molar-refractivity contribution >= 4 is 28.6 Å². The Kier molecular flexibility index (Phi) is 6.17. The van der Waals surface area contributed by atoms with Crippen molar-refractivity contribution in [1.29, 1.82) is 0 Å². The molecule has 0 bridgehead atoms. The van der Waals surface area contributed by atoms with Gasteiger partial charge >= 0.3 is 0 Å². The third-order valence-corrected chi connectivity index (χ3v) is 6.89. The van der Waals surface area contributed by atoms with Crippen LogP contribution in [0.15, 0.2) is 83.7 Å². The summed E-state index contributed by atoms with van der Waals surface area (Å²) in [6, 6.07) is 18.7. The van der Waals surface area contributed by atoms with Crippen LogP contribution in [0.5, 0.6) is 0 Å². The number of aryl methyl sites for hydroxylation is 1. The number of aromatic nitrogens is 4. The Morgan fingerprint density at radius 3 is 2.55 bits per heavy atom. The first-order valence-corrected chi connectivity index (χ1v) is 12.6. The molecule has 0 spiro atoms. The van der Waals surface area contributed by atoms with Crippen LogP contribution in [0.1, 0.15) is 50.9 Å². The first-order valence-electron chi connectivity index (χ1n) is 12.6. The van der Waals surface area contributed by atoms with Crippen LogP contribution in [0, 0.1) is 6.92 Å². The molecule has 9 nitrogen and oxygen atoms in total. The number of likely N-dealkylation sites (tertiary alicyclic amines) is 1. The monoisotopic (exact) mass is 506 g/mol. The molecule has 38 heavy (non-hydrogen) atoms. The topological polar surface area (TPSA) is 106 Å². The van der Waals surface area contributed by atoms with E-state index >= 15 is 0 Å². The second-order valence-electron chi connectivity index (χ2n) is 9.44. The number of hydrogen-bond acceptors (Lipinski definition) is 6. The van der Waals surface area contributed by atoms with E-state index in [0.717, 1.165) is 18.5 Å². The quantitative estimate of drug-likeness (QED) is 0.360. The molecule has 9 heteroatoms. The number of furan rings is 1. The van der Waals surface area contributed by atoms with E-state index in [-0.39, 0.29) is 17.6 Å². The SMILES string of the molecule is Cc1ccc2oc(C(=O)Nc3ccc(C4CCN(C(=O)c5ccc(-n6cccn6)nc5)CC4)cc3)cc2n1. The van der Waals surface area contributed by atoms with Gasteiger partial charge in [-0.3, -0.25) is 9.59 Å². The predicted molar refractivity (Wildman–Crippen MR) is 142 cm³/mol. The van der Waals surface area contributed by atoms with Gasteiger partial charge in [-0.15, -0.1) is 0 Å². The number of fused-ring (bicyclic) bond motifs is 1. The zero-order valence-corrected chi connectivity index (χ0v) is 20.9. The van der Waals surface area contributed by atoms with Gasteiger partial charge in [0.05, 0.1) is 5.56 Å². The highest BCUT2D eigenvalue weighted by atomic mass is 16.3. The van der Waals surface area contributed by atoms with Crippen LogP contribution in [0.2, 0.25) is 0 Å². The minimum atomic E-state index is -0.313. The van der Waals surface area contributed by atoms with Crippen molar-refractivity contribution in [3.05, 3.63) is 102 Å². The maximum absolute atomic E-state index is 13.0. The number of hydrogen-bond donors (Lipinski definition) is 1. The van der Waals surface area contributed by atoms with Gasteiger partial charge in [0.25, 0.3) is 11.8 Å². The molecule has 0 radical (unpaired) electrons. The van der Waals surface area contributed by atoms with Gasteiger partial charge in [0, 0.05) is 49.1 Å². The fourth-order valence-electron chi connectivity index (χ4n) is 4.82. The smallest absolute Gasteiger partial charge is 0.291 e. The van der Waals surface area contributed by atoms with Crippen LogP contribution in [-0.2, 0) is 0 Å². The third-order valence-electron chi connectivity index (χ3n) is 6.89. The Morgan fingerprint density at radius 2 is 1.84 bits per heavy atom. The molecule has 0 atom stereocenters. The first kappa shape index (κ1) is 23.6. The highest BCUT2D eigenvalue weighted by Crippen LogP contribution is 2.30. The predicted octanol–water partition coefficient (Wildman–Crippen LogP) is 4.99.